The Hall–Kier alpha value is -0.560. The van der Waals surface area contributed by atoms with E-state index in [1.54, 1.807) is 0 Å². The van der Waals surface area contributed by atoms with Crippen molar-refractivity contribution in [3.63, 3.8) is 0 Å². The summed E-state index contributed by atoms with van der Waals surface area (Å²) in [5.74, 6) is -0.698. The third-order valence-electron chi connectivity index (χ3n) is 1.46. The minimum Gasteiger partial charge on any atom is -1.00 e. The number of hydrogen-bond acceptors (Lipinski definition) is 4. The van der Waals surface area contributed by atoms with Gasteiger partial charge in [-0.25, -0.2) is 0 Å². The van der Waals surface area contributed by atoms with Gasteiger partial charge in [0.1, 0.15) is 0 Å². The number of thiol groups is 1. The first kappa shape index (κ1) is 13.4. The summed E-state index contributed by atoms with van der Waals surface area (Å²) < 4.78 is 0. The summed E-state index contributed by atoms with van der Waals surface area (Å²) in [7, 11) is 0. The van der Waals surface area contributed by atoms with E-state index in [1.165, 1.54) is 12.1 Å². The molecule has 1 rings (SSSR count). The molecule has 1 aromatic rings. The van der Waals surface area contributed by atoms with Crippen molar-refractivity contribution in [2.45, 2.75) is 4.90 Å². The Bertz CT molecular complexity index is 388. The molecule has 0 aromatic heterocycles. The predicted molar refractivity (Wildman–Crippen MR) is 50.0 cm³/mol. The second-order valence-corrected chi connectivity index (χ2v) is 2.81. The van der Waals surface area contributed by atoms with Gasteiger partial charge in [0, 0.05) is 11.6 Å². The van der Waals surface area contributed by atoms with Gasteiger partial charge >= 0.3 is 29.6 Å². The van der Waals surface area contributed by atoms with Crippen LogP contribution < -0.4 is 35.3 Å². The molecule has 14 heavy (non-hydrogen) atoms. The molecule has 0 saturated carbocycles. The largest absolute Gasteiger partial charge is 1.00 e. The van der Waals surface area contributed by atoms with Crippen LogP contribution in [0.2, 0.25) is 0 Å². The number of primary amides is 1. The molecule has 2 N–H and O–H groups in total. The van der Waals surface area contributed by atoms with Gasteiger partial charge in [-0.3, -0.25) is 14.9 Å². The number of nitrogens with zero attached hydrogens (tertiary/aromatic N) is 1. The van der Waals surface area contributed by atoms with Crippen LogP contribution in [0.4, 0.5) is 5.69 Å². The molecule has 0 fully saturated rings. The van der Waals surface area contributed by atoms with Gasteiger partial charge in [0.25, 0.3) is 5.69 Å². The standard InChI is InChI=1S/C7H6N2O3S.Na.H/c8-7(10)4-1-2-6(13)5(3-4)9(11)12;;/h1-3,13H,(H2,8,10);;/q;+1;-1. The molecular formula is C7H7N2NaO3S. The van der Waals surface area contributed by atoms with E-state index in [0.29, 0.717) is 0 Å². The molecule has 0 atom stereocenters. The molecule has 0 aliphatic heterocycles. The van der Waals surface area contributed by atoms with Crippen molar-refractivity contribution in [3.05, 3.63) is 33.9 Å². The van der Waals surface area contributed by atoms with E-state index in [2.05, 4.69) is 12.6 Å². The van der Waals surface area contributed by atoms with Crippen LogP contribution in [0.25, 0.3) is 0 Å². The summed E-state index contributed by atoms with van der Waals surface area (Å²) in [5, 5.41) is 10.4. The first-order valence-corrected chi connectivity index (χ1v) is 3.74. The third-order valence-corrected chi connectivity index (χ3v) is 1.83. The van der Waals surface area contributed by atoms with Crippen molar-refractivity contribution in [3.8, 4) is 0 Å². The van der Waals surface area contributed by atoms with E-state index in [9.17, 15) is 14.9 Å². The summed E-state index contributed by atoms with van der Waals surface area (Å²) in [6.45, 7) is 0. The van der Waals surface area contributed by atoms with Gasteiger partial charge in [-0.05, 0) is 12.1 Å². The zero-order valence-electron chi connectivity index (χ0n) is 8.43. The summed E-state index contributed by atoms with van der Waals surface area (Å²) in [5.41, 5.74) is 4.83. The molecule has 7 heteroatoms. The second-order valence-electron chi connectivity index (χ2n) is 2.32. The minimum atomic E-state index is -0.698. The number of nitrogens with two attached hydrogens (primary N) is 1. The van der Waals surface area contributed by atoms with Crippen LogP contribution in [-0.4, -0.2) is 10.8 Å². The summed E-state index contributed by atoms with van der Waals surface area (Å²) >= 11 is 3.86. The van der Waals surface area contributed by atoms with E-state index < -0.39 is 10.8 Å². The fraction of sp³-hybridized carbons (Fsp3) is 0. The van der Waals surface area contributed by atoms with Crippen LogP contribution in [0.3, 0.4) is 0 Å². The van der Waals surface area contributed by atoms with Crippen LogP contribution in [0.15, 0.2) is 23.1 Å². The number of hydrogen-bond donors (Lipinski definition) is 2. The van der Waals surface area contributed by atoms with Gasteiger partial charge in [0.05, 0.1) is 9.82 Å². The zero-order chi connectivity index (χ0) is 10.0. The number of nitro groups is 1. The van der Waals surface area contributed by atoms with E-state index in [4.69, 9.17) is 5.73 Å². The maximum atomic E-state index is 10.7. The number of amides is 1. The zero-order valence-corrected chi connectivity index (χ0v) is 10.3. The van der Waals surface area contributed by atoms with E-state index in [1.807, 2.05) is 0 Å². The van der Waals surface area contributed by atoms with Crippen molar-refractivity contribution in [1.29, 1.82) is 0 Å². The van der Waals surface area contributed by atoms with Gasteiger partial charge in [-0.2, -0.15) is 0 Å². The molecule has 0 spiro atoms. The molecule has 1 amide bonds. The number of nitro benzene ring substituents is 1. The van der Waals surface area contributed by atoms with Crippen molar-refractivity contribution >= 4 is 24.2 Å². The average molecular weight is 222 g/mol. The fourth-order valence-corrected chi connectivity index (χ4v) is 1.04. The quantitative estimate of drug-likeness (QED) is 0.265. The van der Waals surface area contributed by atoms with Crippen LogP contribution in [-0.2, 0) is 0 Å². The van der Waals surface area contributed by atoms with Crippen molar-refractivity contribution in [1.82, 2.24) is 0 Å². The predicted octanol–water partition coefficient (Wildman–Crippen LogP) is -1.90. The molecule has 70 valence electrons. The smallest absolute Gasteiger partial charge is 1.00 e. The second kappa shape index (κ2) is 5.35. The number of rotatable bonds is 2. The van der Waals surface area contributed by atoms with Gasteiger partial charge in [-0.1, -0.05) is 0 Å². The van der Waals surface area contributed by atoms with Gasteiger partial charge in [-0.15, -0.1) is 12.6 Å². The summed E-state index contributed by atoms with van der Waals surface area (Å²) in [6.07, 6.45) is 0. The van der Waals surface area contributed by atoms with Crippen molar-refractivity contribution < 1.29 is 40.7 Å². The van der Waals surface area contributed by atoms with Gasteiger partial charge in [0.15, 0.2) is 0 Å². The van der Waals surface area contributed by atoms with Crippen LogP contribution in [0, 0.1) is 10.1 Å². The summed E-state index contributed by atoms with van der Waals surface area (Å²) in [6, 6.07) is 3.85. The Morgan fingerprint density at radius 1 is 1.57 bits per heavy atom. The Morgan fingerprint density at radius 3 is 2.57 bits per heavy atom. The molecule has 1 aromatic carbocycles. The molecule has 0 aliphatic rings. The maximum Gasteiger partial charge on any atom is 1.00 e. The van der Waals surface area contributed by atoms with Gasteiger partial charge < -0.3 is 7.16 Å². The molecule has 0 unspecified atom stereocenters. The van der Waals surface area contributed by atoms with Crippen LogP contribution in [0.5, 0.6) is 0 Å². The summed E-state index contributed by atoms with van der Waals surface area (Å²) in [4.78, 5) is 20.7. The van der Waals surface area contributed by atoms with Gasteiger partial charge in [0.2, 0.25) is 5.91 Å². The average Bonchev–Trinajstić information content (AvgIpc) is 2.04. The van der Waals surface area contributed by atoms with Crippen molar-refractivity contribution in [2.75, 3.05) is 0 Å². The van der Waals surface area contributed by atoms with E-state index >= 15 is 0 Å². The Kier molecular flexibility index (Phi) is 5.14. The SMILES string of the molecule is NC(=O)c1ccc(S)c([N+](=O)[O-])c1.[H-].[Na+]. The number of benzene rings is 1. The van der Waals surface area contributed by atoms with E-state index in [0.717, 1.165) is 6.07 Å². The maximum absolute atomic E-state index is 10.7. The Labute approximate surface area is 109 Å². The Balaban J connectivity index is 0. The van der Waals surface area contributed by atoms with E-state index in [-0.39, 0.29) is 47.1 Å². The molecule has 0 aliphatic carbocycles. The molecule has 0 heterocycles. The molecule has 0 saturated heterocycles. The number of carbonyl (C=O) groups excluding carboxylic acids is 1. The Morgan fingerprint density at radius 2 is 2.14 bits per heavy atom. The van der Waals surface area contributed by atoms with Crippen LogP contribution in [0.1, 0.15) is 11.8 Å². The van der Waals surface area contributed by atoms with Crippen LogP contribution >= 0.6 is 12.6 Å². The molecule has 5 nitrogen and oxygen atoms in total. The monoisotopic (exact) mass is 222 g/mol. The molecule has 0 bridgehead atoms. The topological polar surface area (TPSA) is 86.2 Å². The molecule has 0 radical (unpaired) electrons. The molecular weight excluding hydrogens is 215 g/mol. The third kappa shape index (κ3) is 2.98. The normalized spacial score (nSPS) is 8.93. The fourth-order valence-electron chi connectivity index (χ4n) is 0.823. The first-order valence-electron chi connectivity index (χ1n) is 3.29. The van der Waals surface area contributed by atoms with Crippen molar-refractivity contribution in [2.24, 2.45) is 5.73 Å². The first-order chi connectivity index (χ1) is 6.02. The number of carbonyl (C=O) groups is 1. The minimum absolute atomic E-state index is 0.